The van der Waals surface area contributed by atoms with Crippen molar-refractivity contribution < 1.29 is 9.90 Å². The molecule has 100 valence electrons. The largest absolute Gasteiger partial charge is 0.481 e. The minimum absolute atomic E-state index is 0.152. The van der Waals surface area contributed by atoms with Gasteiger partial charge >= 0.3 is 5.97 Å². The molecular formula is C15H17NO2S. The zero-order valence-corrected chi connectivity index (χ0v) is 11.7. The fourth-order valence-corrected chi connectivity index (χ4v) is 2.83. The topological polar surface area (TPSA) is 40.5 Å². The van der Waals surface area contributed by atoms with Gasteiger partial charge in [-0.05, 0) is 36.1 Å². The van der Waals surface area contributed by atoms with Gasteiger partial charge in [0.2, 0.25) is 0 Å². The van der Waals surface area contributed by atoms with Gasteiger partial charge in [-0.15, -0.1) is 11.3 Å². The van der Waals surface area contributed by atoms with Crippen molar-refractivity contribution in [2.75, 3.05) is 11.4 Å². The fourth-order valence-electron chi connectivity index (χ4n) is 1.91. The first kappa shape index (κ1) is 13.6. The lowest BCUT2D eigenvalue weighted by molar-refractivity contribution is -0.136. The molecule has 1 N–H and O–H groups in total. The van der Waals surface area contributed by atoms with Crippen LogP contribution in [-0.2, 0) is 11.3 Å². The first-order valence-corrected chi connectivity index (χ1v) is 7.09. The molecule has 1 heterocycles. The molecule has 0 aliphatic rings. The maximum atomic E-state index is 10.8. The van der Waals surface area contributed by atoms with E-state index in [1.165, 1.54) is 10.4 Å². The standard InChI is InChI=1S/C15H17NO2S/c1-12-8-10-19-14(12)11-16(9-7-15(17)18)13-5-3-2-4-6-13/h2-6,8,10H,7,9,11H2,1H3,(H,17,18). The van der Waals surface area contributed by atoms with E-state index >= 15 is 0 Å². The third kappa shape index (κ3) is 3.83. The normalized spacial score (nSPS) is 10.4. The smallest absolute Gasteiger partial charge is 0.305 e. The minimum atomic E-state index is -0.760. The molecule has 3 nitrogen and oxygen atoms in total. The number of thiophene rings is 1. The summed E-state index contributed by atoms with van der Waals surface area (Å²) in [7, 11) is 0. The number of benzene rings is 1. The fraction of sp³-hybridized carbons (Fsp3) is 0.267. The number of carbonyl (C=O) groups is 1. The van der Waals surface area contributed by atoms with Crippen LogP contribution < -0.4 is 4.90 Å². The molecule has 0 fully saturated rings. The zero-order valence-electron chi connectivity index (χ0n) is 10.9. The van der Waals surface area contributed by atoms with Crippen LogP contribution in [0.15, 0.2) is 41.8 Å². The third-order valence-electron chi connectivity index (χ3n) is 3.02. The molecule has 1 aromatic carbocycles. The molecule has 0 saturated heterocycles. The van der Waals surface area contributed by atoms with Gasteiger partial charge in [0.1, 0.15) is 0 Å². The summed E-state index contributed by atoms with van der Waals surface area (Å²) in [5.41, 5.74) is 2.33. The summed E-state index contributed by atoms with van der Waals surface area (Å²) in [6.07, 6.45) is 0.152. The number of anilines is 1. The van der Waals surface area contributed by atoms with Gasteiger partial charge in [-0.2, -0.15) is 0 Å². The lowest BCUT2D eigenvalue weighted by Crippen LogP contribution is -2.25. The molecule has 2 rings (SSSR count). The average Bonchev–Trinajstić information content (AvgIpc) is 2.81. The number of nitrogens with zero attached hydrogens (tertiary/aromatic N) is 1. The predicted molar refractivity (Wildman–Crippen MR) is 78.8 cm³/mol. The summed E-state index contributed by atoms with van der Waals surface area (Å²) in [5, 5.41) is 10.9. The molecule has 0 saturated carbocycles. The Bertz CT molecular complexity index is 536. The average molecular weight is 275 g/mol. The Labute approximate surface area is 117 Å². The third-order valence-corrected chi connectivity index (χ3v) is 4.03. The molecule has 0 bridgehead atoms. The molecule has 0 aliphatic carbocycles. The molecule has 2 aromatic rings. The highest BCUT2D eigenvalue weighted by molar-refractivity contribution is 7.10. The van der Waals surface area contributed by atoms with Crippen molar-refractivity contribution in [3.63, 3.8) is 0 Å². The second-order valence-electron chi connectivity index (χ2n) is 4.43. The highest BCUT2D eigenvalue weighted by Crippen LogP contribution is 2.22. The maximum Gasteiger partial charge on any atom is 0.305 e. The number of hydrogen-bond acceptors (Lipinski definition) is 3. The molecule has 4 heteroatoms. The van der Waals surface area contributed by atoms with Crippen LogP contribution in [0, 0.1) is 6.92 Å². The molecule has 0 unspecified atom stereocenters. The second kappa shape index (κ2) is 6.38. The van der Waals surface area contributed by atoms with Gasteiger partial charge in [0, 0.05) is 17.1 Å². The van der Waals surface area contributed by atoms with Crippen molar-refractivity contribution in [3.8, 4) is 0 Å². The predicted octanol–water partition coefficient (Wildman–Crippen LogP) is 3.54. The van der Waals surface area contributed by atoms with E-state index < -0.39 is 5.97 Å². The number of aryl methyl sites for hydroxylation is 1. The van der Waals surface area contributed by atoms with E-state index in [1.54, 1.807) is 11.3 Å². The van der Waals surface area contributed by atoms with Crippen molar-refractivity contribution in [1.29, 1.82) is 0 Å². The summed E-state index contributed by atoms with van der Waals surface area (Å²) in [5.74, 6) is -0.760. The number of hydrogen-bond donors (Lipinski definition) is 1. The van der Waals surface area contributed by atoms with Gasteiger partial charge in [0.25, 0.3) is 0 Å². The number of carboxylic acids is 1. The zero-order chi connectivity index (χ0) is 13.7. The highest BCUT2D eigenvalue weighted by atomic mass is 32.1. The van der Waals surface area contributed by atoms with Crippen LogP contribution in [0.1, 0.15) is 16.9 Å². The van der Waals surface area contributed by atoms with Gasteiger partial charge in [0.05, 0.1) is 13.0 Å². The first-order chi connectivity index (χ1) is 9.16. The van der Waals surface area contributed by atoms with E-state index in [0.29, 0.717) is 6.54 Å². The van der Waals surface area contributed by atoms with Crippen LogP contribution in [0.3, 0.4) is 0 Å². The Hall–Kier alpha value is -1.81. The number of carboxylic acid groups (broad SMARTS) is 1. The van der Waals surface area contributed by atoms with Crippen molar-refractivity contribution in [3.05, 3.63) is 52.2 Å². The second-order valence-corrected chi connectivity index (χ2v) is 5.43. The molecular weight excluding hydrogens is 258 g/mol. The summed E-state index contributed by atoms with van der Waals surface area (Å²) in [4.78, 5) is 14.2. The highest BCUT2D eigenvalue weighted by Gasteiger charge is 2.11. The Balaban J connectivity index is 2.15. The van der Waals surface area contributed by atoms with E-state index in [2.05, 4.69) is 23.3 Å². The summed E-state index contributed by atoms with van der Waals surface area (Å²) < 4.78 is 0. The Morgan fingerprint density at radius 3 is 2.58 bits per heavy atom. The van der Waals surface area contributed by atoms with E-state index in [1.807, 2.05) is 30.3 Å². The van der Waals surface area contributed by atoms with Crippen LogP contribution in [0.2, 0.25) is 0 Å². The van der Waals surface area contributed by atoms with Crippen LogP contribution in [0.5, 0.6) is 0 Å². The monoisotopic (exact) mass is 275 g/mol. The van der Waals surface area contributed by atoms with Crippen molar-refractivity contribution in [2.24, 2.45) is 0 Å². The Morgan fingerprint density at radius 1 is 1.26 bits per heavy atom. The van der Waals surface area contributed by atoms with Gasteiger partial charge in [-0.25, -0.2) is 0 Å². The summed E-state index contributed by atoms with van der Waals surface area (Å²) >= 11 is 1.72. The summed E-state index contributed by atoms with van der Waals surface area (Å²) in [6.45, 7) is 3.38. The van der Waals surface area contributed by atoms with E-state index in [9.17, 15) is 4.79 Å². The molecule has 0 spiro atoms. The molecule has 0 amide bonds. The summed E-state index contributed by atoms with van der Waals surface area (Å²) in [6, 6.07) is 12.1. The van der Waals surface area contributed by atoms with Gasteiger partial charge in [0.15, 0.2) is 0 Å². The van der Waals surface area contributed by atoms with Crippen LogP contribution in [0.25, 0.3) is 0 Å². The van der Waals surface area contributed by atoms with Crippen molar-refractivity contribution >= 4 is 23.0 Å². The van der Waals surface area contributed by atoms with Crippen LogP contribution >= 0.6 is 11.3 Å². The van der Waals surface area contributed by atoms with Gasteiger partial charge in [-0.3, -0.25) is 4.79 Å². The Morgan fingerprint density at radius 2 is 2.00 bits per heavy atom. The molecule has 19 heavy (non-hydrogen) atoms. The first-order valence-electron chi connectivity index (χ1n) is 6.21. The SMILES string of the molecule is Cc1ccsc1CN(CCC(=O)O)c1ccccc1. The maximum absolute atomic E-state index is 10.8. The lowest BCUT2D eigenvalue weighted by Gasteiger charge is -2.24. The van der Waals surface area contributed by atoms with Crippen LogP contribution in [0.4, 0.5) is 5.69 Å². The minimum Gasteiger partial charge on any atom is -0.481 e. The van der Waals surface area contributed by atoms with Crippen molar-refractivity contribution in [1.82, 2.24) is 0 Å². The van der Waals surface area contributed by atoms with Gasteiger partial charge < -0.3 is 10.0 Å². The molecule has 1 aromatic heterocycles. The molecule has 0 atom stereocenters. The number of para-hydroxylation sites is 1. The van der Waals surface area contributed by atoms with E-state index in [-0.39, 0.29) is 6.42 Å². The van der Waals surface area contributed by atoms with Crippen molar-refractivity contribution in [2.45, 2.75) is 19.9 Å². The quantitative estimate of drug-likeness (QED) is 0.876. The van der Waals surface area contributed by atoms with Gasteiger partial charge in [-0.1, -0.05) is 18.2 Å². The number of aliphatic carboxylic acids is 1. The molecule has 0 radical (unpaired) electrons. The Kier molecular flexibility index (Phi) is 4.58. The lowest BCUT2D eigenvalue weighted by atomic mass is 10.2. The van der Waals surface area contributed by atoms with Crippen LogP contribution in [-0.4, -0.2) is 17.6 Å². The molecule has 0 aliphatic heterocycles. The van der Waals surface area contributed by atoms with E-state index in [4.69, 9.17) is 5.11 Å². The van der Waals surface area contributed by atoms with E-state index in [0.717, 1.165) is 12.2 Å². The number of rotatable bonds is 6.